The molecule has 0 unspecified atom stereocenters. The molecule has 0 saturated heterocycles. The van der Waals surface area contributed by atoms with Crippen molar-refractivity contribution in [2.24, 2.45) is 0 Å². The molecule has 4 nitrogen and oxygen atoms in total. The first kappa shape index (κ1) is 17.5. The van der Waals surface area contributed by atoms with E-state index in [4.69, 9.17) is 9.97 Å². The number of aryl methyl sites for hydroxylation is 2. The SMILES string of the molecule is CSc1nc2sc3c(c2c2ncn(SCc4ccccc4F)[n+]12)CCCC3. The minimum Gasteiger partial charge on any atom is -0.207 e. The number of thioether (sulfide) groups is 1. The van der Waals surface area contributed by atoms with Crippen LogP contribution in [-0.4, -0.2) is 20.3 Å². The lowest BCUT2D eigenvalue weighted by Gasteiger charge is -2.09. The quantitative estimate of drug-likeness (QED) is 0.275. The van der Waals surface area contributed by atoms with E-state index in [1.54, 1.807) is 17.8 Å². The predicted octanol–water partition coefficient (Wildman–Crippen LogP) is 4.67. The number of hydrogen-bond donors (Lipinski definition) is 0. The summed E-state index contributed by atoms with van der Waals surface area (Å²) in [6.45, 7) is 0. The molecule has 3 heterocycles. The Morgan fingerprint density at radius 2 is 2.11 bits per heavy atom. The van der Waals surface area contributed by atoms with Crippen LogP contribution in [0.5, 0.6) is 0 Å². The molecule has 138 valence electrons. The van der Waals surface area contributed by atoms with E-state index >= 15 is 0 Å². The van der Waals surface area contributed by atoms with E-state index in [1.165, 1.54) is 46.7 Å². The van der Waals surface area contributed by atoms with Gasteiger partial charge in [-0.25, -0.2) is 4.39 Å². The van der Waals surface area contributed by atoms with Gasteiger partial charge in [0, 0.05) is 10.6 Å². The van der Waals surface area contributed by atoms with Crippen LogP contribution in [0.2, 0.25) is 0 Å². The molecule has 8 heteroatoms. The average Bonchev–Trinajstić information content (AvgIpc) is 3.27. The van der Waals surface area contributed by atoms with E-state index in [2.05, 4.69) is 4.52 Å². The molecule has 0 bridgehead atoms. The highest BCUT2D eigenvalue weighted by molar-refractivity contribution is 7.98. The third-order valence-corrected chi connectivity index (χ3v) is 7.70. The van der Waals surface area contributed by atoms with Gasteiger partial charge in [-0.1, -0.05) is 39.9 Å². The molecule has 0 atom stereocenters. The Balaban J connectivity index is 1.63. The highest BCUT2D eigenvalue weighted by Gasteiger charge is 2.28. The summed E-state index contributed by atoms with van der Waals surface area (Å²) < 4.78 is 18.0. The number of hydrogen-bond acceptors (Lipinski definition) is 5. The maximum absolute atomic E-state index is 14.0. The maximum atomic E-state index is 14.0. The molecule has 1 aliphatic rings. The van der Waals surface area contributed by atoms with E-state index in [1.807, 2.05) is 40.1 Å². The highest BCUT2D eigenvalue weighted by atomic mass is 32.2. The van der Waals surface area contributed by atoms with Gasteiger partial charge in [-0.3, -0.25) is 0 Å². The zero-order valence-corrected chi connectivity index (χ0v) is 17.3. The van der Waals surface area contributed by atoms with Crippen molar-refractivity contribution in [3.8, 4) is 0 Å². The molecule has 4 aromatic rings. The van der Waals surface area contributed by atoms with Crippen molar-refractivity contribution in [3.05, 3.63) is 52.4 Å². The highest BCUT2D eigenvalue weighted by Crippen LogP contribution is 2.37. The lowest BCUT2D eigenvalue weighted by molar-refractivity contribution is -0.631. The van der Waals surface area contributed by atoms with Crippen molar-refractivity contribution in [2.75, 3.05) is 6.26 Å². The second-order valence-electron chi connectivity index (χ2n) is 6.54. The Hall–Kier alpha value is -1.64. The summed E-state index contributed by atoms with van der Waals surface area (Å²) in [6.07, 6.45) is 8.62. The van der Waals surface area contributed by atoms with E-state index in [9.17, 15) is 4.39 Å². The first-order chi connectivity index (χ1) is 13.3. The van der Waals surface area contributed by atoms with Crippen LogP contribution in [0.4, 0.5) is 4.39 Å². The third-order valence-electron chi connectivity index (χ3n) is 4.92. The number of halogens is 1. The van der Waals surface area contributed by atoms with Crippen molar-refractivity contribution < 1.29 is 8.91 Å². The van der Waals surface area contributed by atoms with Crippen LogP contribution in [0.15, 0.2) is 35.7 Å². The van der Waals surface area contributed by atoms with Gasteiger partial charge in [0.25, 0.3) is 5.65 Å². The molecular formula is C19H18FN4S3+. The van der Waals surface area contributed by atoms with Crippen LogP contribution in [0.25, 0.3) is 15.9 Å². The zero-order valence-electron chi connectivity index (χ0n) is 14.8. The number of nitrogens with zero attached hydrogens (tertiary/aromatic N) is 4. The fourth-order valence-electron chi connectivity index (χ4n) is 3.62. The van der Waals surface area contributed by atoms with Crippen molar-refractivity contribution in [1.29, 1.82) is 0 Å². The Labute approximate surface area is 168 Å². The molecule has 0 amide bonds. The molecule has 0 aliphatic heterocycles. The van der Waals surface area contributed by atoms with Gasteiger partial charge in [-0.05, 0) is 61.1 Å². The molecule has 0 saturated carbocycles. The lowest BCUT2D eigenvalue weighted by atomic mass is 9.97. The predicted molar refractivity (Wildman–Crippen MR) is 110 cm³/mol. The molecule has 0 spiro atoms. The van der Waals surface area contributed by atoms with E-state index < -0.39 is 0 Å². The van der Waals surface area contributed by atoms with Crippen LogP contribution in [0, 0.1) is 5.82 Å². The topological polar surface area (TPSA) is 34.8 Å². The second kappa shape index (κ2) is 7.07. The number of thiophene rings is 1. The minimum absolute atomic E-state index is 0.170. The van der Waals surface area contributed by atoms with E-state index in [-0.39, 0.29) is 5.82 Å². The molecule has 1 aliphatic carbocycles. The number of aromatic nitrogens is 4. The zero-order chi connectivity index (χ0) is 18.4. The Bertz CT molecular complexity index is 1150. The van der Waals surface area contributed by atoms with Crippen molar-refractivity contribution in [1.82, 2.24) is 14.1 Å². The van der Waals surface area contributed by atoms with Gasteiger partial charge < -0.3 is 0 Å². The van der Waals surface area contributed by atoms with Gasteiger partial charge in [-0.2, -0.15) is 0 Å². The van der Waals surface area contributed by atoms with Crippen LogP contribution in [0.3, 0.4) is 0 Å². The third kappa shape index (κ3) is 2.94. The normalized spacial score (nSPS) is 14.1. The number of benzene rings is 1. The van der Waals surface area contributed by atoms with E-state index in [0.29, 0.717) is 11.3 Å². The molecule has 27 heavy (non-hydrogen) atoms. The monoisotopic (exact) mass is 417 g/mol. The Kier molecular flexibility index (Phi) is 4.57. The van der Waals surface area contributed by atoms with Crippen LogP contribution in [-0.2, 0) is 18.6 Å². The van der Waals surface area contributed by atoms with Gasteiger partial charge in [0.05, 0.1) is 0 Å². The number of rotatable bonds is 4. The minimum atomic E-state index is -0.170. The molecule has 0 fully saturated rings. The van der Waals surface area contributed by atoms with Crippen LogP contribution >= 0.6 is 35.0 Å². The van der Waals surface area contributed by atoms with Gasteiger partial charge in [0.2, 0.25) is 11.2 Å². The largest absolute Gasteiger partial charge is 0.323 e. The molecule has 3 aromatic heterocycles. The number of fused-ring (bicyclic) bond motifs is 5. The van der Waals surface area contributed by atoms with Crippen LogP contribution < -0.4 is 4.52 Å². The average molecular weight is 418 g/mol. The van der Waals surface area contributed by atoms with Crippen molar-refractivity contribution in [2.45, 2.75) is 36.6 Å². The summed E-state index contributed by atoms with van der Waals surface area (Å²) in [5.74, 6) is 0.371. The van der Waals surface area contributed by atoms with Crippen LogP contribution in [0.1, 0.15) is 28.8 Å². The smallest absolute Gasteiger partial charge is 0.207 e. The second-order valence-corrected chi connectivity index (χ2v) is 9.31. The fraction of sp³-hybridized carbons (Fsp3) is 0.316. The van der Waals surface area contributed by atoms with Gasteiger partial charge in [0.1, 0.15) is 11.2 Å². The standard InChI is InChI=1S/C19H18FN4S3/c1-25-19-22-18-16(13-7-3-5-9-15(13)27-18)17-21-11-23(24(17)19)26-10-12-6-2-4-8-14(12)20/h2,4,6,8,11H,3,5,7,9-10H2,1H3/q+1. The summed E-state index contributed by atoms with van der Waals surface area (Å²) in [5, 5.41) is 2.12. The van der Waals surface area contributed by atoms with E-state index in [0.717, 1.165) is 28.5 Å². The fourth-order valence-corrected chi connectivity index (χ4v) is 6.40. The molecular weight excluding hydrogens is 399 g/mol. The molecule has 1 aromatic carbocycles. The Morgan fingerprint density at radius 3 is 2.96 bits per heavy atom. The summed E-state index contributed by atoms with van der Waals surface area (Å²) in [5.41, 5.74) is 3.09. The van der Waals surface area contributed by atoms with Gasteiger partial charge in [-0.15, -0.1) is 19.9 Å². The van der Waals surface area contributed by atoms with Crippen molar-refractivity contribution >= 4 is 50.9 Å². The summed E-state index contributed by atoms with van der Waals surface area (Å²) in [7, 11) is 0. The summed E-state index contributed by atoms with van der Waals surface area (Å²) in [6, 6.07) is 6.92. The van der Waals surface area contributed by atoms with Gasteiger partial charge >= 0.3 is 5.16 Å². The summed E-state index contributed by atoms with van der Waals surface area (Å²) in [4.78, 5) is 12.2. The maximum Gasteiger partial charge on any atom is 0.323 e. The first-order valence-electron chi connectivity index (χ1n) is 8.90. The van der Waals surface area contributed by atoms with Crippen molar-refractivity contribution in [3.63, 3.8) is 0 Å². The Morgan fingerprint density at radius 1 is 1.26 bits per heavy atom. The molecule has 0 radical (unpaired) electrons. The van der Waals surface area contributed by atoms with Gasteiger partial charge in [0.15, 0.2) is 0 Å². The molecule has 0 N–H and O–H groups in total. The lowest BCUT2D eigenvalue weighted by Crippen LogP contribution is -2.33. The first-order valence-corrected chi connectivity index (χ1v) is 11.9. The molecule has 5 rings (SSSR count). The summed E-state index contributed by atoms with van der Waals surface area (Å²) >= 11 is 4.96.